The standard InChI is InChI=1S/C10H12INO/c1-13-10-5-6(11)4-8-7(10)2-3-9(8)12/h4-5,9H,2-3,12H2,1H3. The van der Waals surface area contributed by atoms with Gasteiger partial charge >= 0.3 is 0 Å². The van der Waals surface area contributed by atoms with E-state index < -0.39 is 0 Å². The van der Waals surface area contributed by atoms with E-state index in [2.05, 4.69) is 34.7 Å². The predicted molar refractivity (Wildman–Crippen MR) is 61.0 cm³/mol. The van der Waals surface area contributed by atoms with Crippen LogP contribution in [0.3, 0.4) is 0 Å². The maximum atomic E-state index is 5.98. The minimum atomic E-state index is 0.207. The van der Waals surface area contributed by atoms with E-state index in [4.69, 9.17) is 10.5 Å². The Balaban J connectivity index is 2.56. The van der Waals surface area contributed by atoms with Crippen molar-refractivity contribution in [3.8, 4) is 5.75 Å². The predicted octanol–water partition coefficient (Wildman–Crippen LogP) is 2.25. The molecular formula is C10H12INO. The summed E-state index contributed by atoms with van der Waals surface area (Å²) in [6, 6.07) is 4.44. The van der Waals surface area contributed by atoms with E-state index in [0.29, 0.717) is 0 Å². The van der Waals surface area contributed by atoms with Gasteiger partial charge in [-0.3, -0.25) is 0 Å². The van der Waals surface area contributed by atoms with Crippen molar-refractivity contribution in [2.45, 2.75) is 18.9 Å². The molecule has 1 aliphatic carbocycles. The Morgan fingerprint density at radius 2 is 2.31 bits per heavy atom. The second-order valence-electron chi connectivity index (χ2n) is 3.32. The fraction of sp³-hybridized carbons (Fsp3) is 0.400. The van der Waals surface area contributed by atoms with Crippen LogP contribution in [0.5, 0.6) is 5.75 Å². The third-order valence-corrected chi connectivity index (χ3v) is 3.16. The highest BCUT2D eigenvalue weighted by molar-refractivity contribution is 14.1. The monoisotopic (exact) mass is 289 g/mol. The van der Waals surface area contributed by atoms with Crippen LogP contribution in [0.1, 0.15) is 23.6 Å². The van der Waals surface area contributed by atoms with Crippen molar-refractivity contribution in [1.82, 2.24) is 0 Å². The molecule has 0 amide bonds. The first-order valence-corrected chi connectivity index (χ1v) is 5.42. The number of methoxy groups -OCH3 is 1. The van der Waals surface area contributed by atoms with Crippen LogP contribution >= 0.6 is 22.6 Å². The smallest absolute Gasteiger partial charge is 0.123 e. The molecule has 0 aromatic heterocycles. The van der Waals surface area contributed by atoms with E-state index >= 15 is 0 Å². The molecule has 0 heterocycles. The summed E-state index contributed by atoms with van der Waals surface area (Å²) in [4.78, 5) is 0. The Bertz CT molecular complexity index is 338. The molecule has 1 aliphatic rings. The number of nitrogens with two attached hydrogens (primary N) is 1. The molecule has 0 aliphatic heterocycles. The van der Waals surface area contributed by atoms with Crippen molar-refractivity contribution in [1.29, 1.82) is 0 Å². The normalized spacial score (nSPS) is 20.1. The van der Waals surface area contributed by atoms with Crippen molar-refractivity contribution in [3.63, 3.8) is 0 Å². The summed E-state index contributed by atoms with van der Waals surface area (Å²) in [6.07, 6.45) is 2.10. The lowest BCUT2D eigenvalue weighted by Crippen LogP contribution is -2.05. The largest absolute Gasteiger partial charge is 0.496 e. The number of halogens is 1. The van der Waals surface area contributed by atoms with Crippen molar-refractivity contribution in [3.05, 3.63) is 26.8 Å². The van der Waals surface area contributed by atoms with Crippen LogP contribution in [-0.2, 0) is 6.42 Å². The number of hydrogen-bond acceptors (Lipinski definition) is 2. The Labute approximate surface area is 91.6 Å². The van der Waals surface area contributed by atoms with Gasteiger partial charge in [-0.15, -0.1) is 0 Å². The molecule has 1 atom stereocenters. The quantitative estimate of drug-likeness (QED) is 0.805. The molecule has 3 heteroatoms. The van der Waals surface area contributed by atoms with E-state index in [-0.39, 0.29) is 6.04 Å². The summed E-state index contributed by atoms with van der Waals surface area (Å²) in [5, 5.41) is 0. The van der Waals surface area contributed by atoms with Gasteiger partial charge in [-0.2, -0.15) is 0 Å². The minimum absolute atomic E-state index is 0.207. The molecule has 2 rings (SSSR count). The third-order valence-electron chi connectivity index (χ3n) is 2.53. The third kappa shape index (κ3) is 1.55. The van der Waals surface area contributed by atoms with Crippen LogP contribution in [-0.4, -0.2) is 7.11 Å². The second-order valence-corrected chi connectivity index (χ2v) is 4.57. The summed E-state index contributed by atoms with van der Waals surface area (Å²) >= 11 is 2.30. The number of hydrogen-bond donors (Lipinski definition) is 1. The average molecular weight is 289 g/mol. The minimum Gasteiger partial charge on any atom is -0.496 e. The lowest BCUT2D eigenvalue weighted by Gasteiger charge is -2.09. The second kappa shape index (κ2) is 3.46. The van der Waals surface area contributed by atoms with Crippen LogP contribution in [0.2, 0.25) is 0 Å². The average Bonchev–Trinajstić information content (AvgIpc) is 2.47. The highest BCUT2D eigenvalue weighted by Crippen LogP contribution is 2.36. The van der Waals surface area contributed by atoms with E-state index in [0.717, 1.165) is 18.6 Å². The zero-order chi connectivity index (χ0) is 9.42. The summed E-state index contributed by atoms with van der Waals surface area (Å²) in [5.41, 5.74) is 8.55. The van der Waals surface area contributed by atoms with Gasteiger partial charge in [-0.1, -0.05) is 0 Å². The van der Waals surface area contributed by atoms with Crippen molar-refractivity contribution >= 4 is 22.6 Å². The Morgan fingerprint density at radius 3 is 3.00 bits per heavy atom. The fourth-order valence-corrected chi connectivity index (χ4v) is 2.49. The summed E-state index contributed by atoms with van der Waals surface area (Å²) in [5.74, 6) is 0.995. The first-order valence-electron chi connectivity index (χ1n) is 4.34. The van der Waals surface area contributed by atoms with Gasteiger partial charge in [0.05, 0.1) is 7.11 Å². The number of ether oxygens (including phenoxy) is 1. The SMILES string of the molecule is COc1cc(I)cc2c1CCC2N. The van der Waals surface area contributed by atoms with E-state index in [1.165, 1.54) is 14.7 Å². The van der Waals surface area contributed by atoms with Gasteiger partial charge in [0.1, 0.15) is 5.75 Å². The topological polar surface area (TPSA) is 35.2 Å². The van der Waals surface area contributed by atoms with Crippen LogP contribution in [0.4, 0.5) is 0 Å². The molecular weight excluding hydrogens is 277 g/mol. The molecule has 2 N–H and O–H groups in total. The molecule has 0 saturated heterocycles. The number of benzene rings is 1. The molecule has 1 aromatic rings. The number of rotatable bonds is 1. The molecule has 13 heavy (non-hydrogen) atoms. The van der Waals surface area contributed by atoms with E-state index in [9.17, 15) is 0 Å². The lowest BCUT2D eigenvalue weighted by atomic mass is 10.1. The zero-order valence-corrected chi connectivity index (χ0v) is 9.67. The summed E-state index contributed by atoms with van der Waals surface area (Å²) < 4.78 is 6.53. The van der Waals surface area contributed by atoms with Crippen molar-refractivity contribution in [2.75, 3.05) is 7.11 Å². The number of fused-ring (bicyclic) bond motifs is 1. The first kappa shape index (κ1) is 9.27. The molecule has 0 saturated carbocycles. The molecule has 0 radical (unpaired) electrons. The molecule has 1 aromatic carbocycles. The van der Waals surface area contributed by atoms with Crippen LogP contribution in [0.25, 0.3) is 0 Å². The van der Waals surface area contributed by atoms with E-state index in [1.807, 2.05) is 0 Å². The van der Waals surface area contributed by atoms with Crippen LogP contribution in [0, 0.1) is 3.57 Å². The summed E-state index contributed by atoms with van der Waals surface area (Å²) in [7, 11) is 1.72. The van der Waals surface area contributed by atoms with Crippen LogP contribution < -0.4 is 10.5 Å². The highest BCUT2D eigenvalue weighted by Gasteiger charge is 2.22. The van der Waals surface area contributed by atoms with Crippen molar-refractivity contribution < 1.29 is 4.74 Å². The Kier molecular flexibility index (Phi) is 2.47. The molecule has 1 unspecified atom stereocenters. The Hall–Kier alpha value is -0.290. The highest BCUT2D eigenvalue weighted by atomic mass is 127. The molecule has 0 spiro atoms. The van der Waals surface area contributed by atoms with Gasteiger partial charge in [0.25, 0.3) is 0 Å². The van der Waals surface area contributed by atoms with E-state index in [1.54, 1.807) is 7.11 Å². The van der Waals surface area contributed by atoms with Gasteiger partial charge in [-0.25, -0.2) is 0 Å². The summed E-state index contributed by atoms with van der Waals surface area (Å²) in [6.45, 7) is 0. The lowest BCUT2D eigenvalue weighted by molar-refractivity contribution is 0.410. The van der Waals surface area contributed by atoms with Crippen LogP contribution in [0.15, 0.2) is 12.1 Å². The fourth-order valence-electron chi connectivity index (χ4n) is 1.87. The van der Waals surface area contributed by atoms with Crippen molar-refractivity contribution in [2.24, 2.45) is 5.73 Å². The maximum Gasteiger partial charge on any atom is 0.123 e. The van der Waals surface area contributed by atoms with Gasteiger partial charge < -0.3 is 10.5 Å². The Morgan fingerprint density at radius 1 is 1.54 bits per heavy atom. The molecule has 2 nitrogen and oxygen atoms in total. The van der Waals surface area contributed by atoms with Gasteiger partial charge in [0.2, 0.25) is 0 Å². The zero-order valence-electron chi connectivity index (χ0n) is 7.51. The molecule has 0 fully saturated rings. The van der Waals surface area contributed by atoms with Gasteiger partial charge in [0.15, 0.2) is 0 Å². The molecule has 0 bridgehead atoms. The molecule has 70 valence electrons. The maximum absolute atomic E-state index is 5.98. The van der Waals surface area contributed by atoms with Gasteiger partial charge in [0, 0.05) is 9.61 Å². The first-order chi connectivity index (χ1) is 6.22. The van der Waals surface area contributed by atoms with Gasteiger partial charge in [-0.05, 0) is 58.7 Å².